The third-order valence-corrected chi connectivity index (χ3v) is 11.2. The van der Waals surface area contributed by atoms with E-state index in [4.69, 9.17) is 14.9 Å². The third kappa shape index (κ3) is 34.1. The van der Waals surface area contributed by atoms with Crippen LogP contribution in [0.1, 0.15) is 219 Å². The normalized spacial score (nSPS) is 11.1. The first-order valence-electron chi connectivity index (χ1n) is 22.5. The lowest BCUT2D eigenvalue weighted by atomic mass is 10.0. The molecule has 0 spiro atoms. The molecule has 0 aromatic heterocycles. The number of rotatable bonds is 36. The first kappa shape index (κ1) is 48.4. The van der Waals surface area contributed by atoms with Crippen LogP contribution in [0.2, 0.25) is 0 Å². The molecule has 0 saturated carbocycles. The second kappa shape index (κ2) is 39.1. The highest BCUT2D eigenvalue weighted by Crippen LogP contribution is 2.29. The number of aromatic hydroxyl groups is 2. The summed E-state index contributed by atoms with van der Waals surface area (Å²) in [5.74, 6) is 0.537. The van der Waals surface area contributed by atoms with Crippen LogP contribution in [0, 0.1) is 0 Å². The van der Waals surface area contributed by atoms with E-state index < -0.39 is 0 Å². The first-order chi connectivity index (χ1) is 25.7. The number of unbranched alkanes of at least 4 members (excludes halogenated alkanes) is 30. The van der Waals surface area contributed by atoms with Crippen molar-refractivity contribution in [3.63, 3.8) is 0 Å². The SMILES string of the molecule is CCCCCCCCCCCCCCCCCCOCCCCCCCCCCCCCCCCCC.Oc1ccc(Sc2ccc(O)cc2)cc1. The van der Waals surface area contributed by atoms with Gasteiger partial charge in [-0.1, -0.05) is 218 Å². The smallest absolute Gasteiger partial charge is 0.115 e. The van der Waals surface area contributed by atoms with Gasteiger partial charge in [-0.3, -0.25) is 0 Å². The van der Waals surface area contributed by atoms with Gasteiger partial charge in [0, 0.05) is 23.0 Å². The lowest BCUT2D eigenvalue weighted by Gasteiger charge is -2.06. The Labute approximate surface area is 327 Å². The Balaban J connectivity index is 0.000000736. The van der Waals surface area contributed by atoms with Gasteiger partial charge in [0.25, 0.3) is 0 Å². The minimum absolute atomic E-state index is 0.269. The van der Waals surface area contributed by atoms with Crippen LogP contribution in [0.15, 0.2) is 58.3 Å². The Hall–Kier alpha value is -1.65. The van der Waals surface area contributed by atoms with E-state index >= 15 is 0 Å². The average Bonchev–Trinajstić information content (AvgIpc) is 3.15. The Morgan fingerprint density at radius 1 is 0.327 bits per heavy atom. The maximum absolute atomic E-state index is 9.12. The minimum atomic E-state index is 0.269. The van der Waals surface area contributed by atoms with Gasteiger partial charge in [0.1, 0.15) is 11.5 Å². The van der Waals surface area contributed by atoms with Crippen LogP contribution in [0.5, 0.6) is 11.5 Å². The highest BCUT2D eigenvalue weighted by atomic mass is 32.2. The molecule has 0 saturated heterocycles. The van der Waals surface area contributed by atoms with Crippen molar-refractivity contribution in [2.75, 3.05) is 13.2 Å². The average molecular weight is 741 g/mol. The topological polar surface area (TPSA) is 49.7 Å². The summed E-state index contributed by atoms with van der Waals surface area (Å²) in [6.45, 7) is 6.60. The molecule has 3 nitrogen and oxygen atoms in total. The van der Waals surface area contributed by atoms with Gasteiger partial charge in [-0.05, 0) is 61.4 Å². The largest absolute Gasteiger partial charge is 0.508 e. The molecule has 0 atom stereocenters. The molecule has 2 aromatic carbocycles. The van der Waals surface area contributed by atoms with Gasteiger partial charge in [-0.15, -0.1) is 0 Å². The van der Waals surface area contributed by atoms with E-state index in [9.17, 15) is 0 Å². The van der Waals surface area contributed by atoms with Crippen LogP contribution in [-0.2, 0) is 4.74 Å². The van der Waals surface area contributed by atoms with Crippen molar-refractivity contribution in [1.29, 1.82) is 0 Å². The highest BCUT2D eigenvalue weighted by molar-refractivity contribution is 7.99. The minimum Gasteiger partial charge on any atom is -0.508 e. The molecule has 52 heavy (non-hydrogen) atoms. The maximum atomic E-state index is 9.12. The van der Waals surface area contributed by atoms with Crippen molar-refractivity contribution < 1.29 is 14.9 Å². The second-order valence-electron chi connectivity index (χ2n) is 15.3. The summed E-state index contributed by atoms with van der Waals surface area (Å²) in [6, 6.07) is 14.0. The summed E-state index contributed by atoms with van der Waals surface area (Å²) < 4.78 is 5.87. The summed E-state index contributed by atoms with van der Waals surface area (Å²) >= 11 is 1.58. The molecule has 4 heteroatoms. The predicted octanol–water partition coefficient (Wildman–Crippen LogP) is 16.8. The van der Waals surface area contributed by atoms with Crippen LogP contribution in [0.4, 0.5) is 0 Å². The van der Waals surface area contributed by atoms with Crippen molar-refractivity contribution in [2.45, 2.75) is 229 Å². The van der Waals surface area contributed by atoms with E-state index in [1.54, 1.807) is 36.0 Å². The lowest BCUT2D eigenvalue weighted by molar-refractivity contribution is 0.125. The number of phenolic OH excluding ortho intramolecular Hbond substituents is 2. The predicted molar refractivity (Wildman–Crippen MR) is 230 cm³/mol. The molecule has 0 aliphatic carbocycles. The molecule has 2 rings (SSSR count). The van der Waals surface area contributed by atoms with Gasteiger partial charge >= 0.3 is 0 Å². The van der Waals surface area contributed by atoms with Gasteiger partial charge in [-0.2, -0.15) is 0 Å². The van der Waals surface area contributed by atoms with Gasteiger partial charge in [0.05, 0.1) is 0 Å². The fourth-order valence-electron chi connectivity index (χ4n) is 6.77. The van der Waals surface area contributed by atoms with Gasteiger partial charge in [0.15, 0.2) is 0 Å². The molecular formula is C48H84O3S. The van der Waals surface area contributed by atoms with Crippen LogP contribution in [0.3, 0.4) is 0 Å². The Kier molecular flexibility index (Phi) is 36.3. The van der Waals surface area contributed by atoms with E-state index in [1.807, 2.05) is 24.3 Å². The third-order valence-electron chi connectivity index (χ3n) is 10.2. The summed E-state index contributed by atoms with van der Waals surface area (Å²) in [5.41, 5.74) is 0. The molecule has 0 fully saturated rings. The standard InChI is InChI=1S/C36H74O.C12H10O2S/c1-3-5-7-9-11-13-15-17-19-21-23-25-27-29-31-33-35-37-36-34-32-30-28-26-24-22-20-18-16-14-12-10-8-6-4-2;13-9-1-5-11(6-2-9)15-12-7-3-10(14)4-8-12/h3-36H2,1-2H3;1-8,13-14H. The van der Waals surface area contributed by atoms with Crippen molar-refractivity contribution in [1.82, 2.24) is 0 Å². The summed E-state index contributed by atoms with van der Waals surface area (Å²) in [4.78, 5) is 2.11. The molecule has 0 aliphatic rings. The van der Waals surface area contributed by atoms with E-state index in [0.717, 1.165) is 23.0 Å². The van der Waals surface area contributed by atoms with Crippen molar-refractivity contribution >= 4 is 11.8 Å². The number of benzene rings is 2. The molecule has 0 aliphatic heterocycles. The van der Waals surface area contributed by atoms with Crippen LogP contribution in [-0.4, -0.2) is 23.4 Å². The number of hydrogen-bond acceptors (Lipinski definition) is 4. The Bertz CT molecular complexity index is 883. The highest BCUT2D eigenvalue weighted by Gasteiger charge is 1.99. The summed E-state index contributed by atoms with van der Waals surface area (Å²) in [7, 11) is 0. The molecule has 0 amide bonds. The molecular weight excluding hydrogens is 657 g/mol. The van der Waals surface area contributed by atoms with E-state index in [0.29, 0.717) is 0 Å². The summed E-state index contributed by atoms with van der Waals surface area (Å²) in [5, 5.41) is 18.2. The zero-order valence-electron chi connectivity index (χ0n) is 34.4. The Morgan fingerprint density at radius 3 is 0.769 bits per heavy atom. The van der Waals surface area contributed by atoms with Gasteiger partial charge in [0.2, 0.25) is 0 Å². The molecule has 2 aromatic rings. The second-order valence-corrected chi connectivity index (χ2v) is 16.5. The molecule has 0 bridgehead atoms. The van der Waals surface area contributed by atoms with Gasteiger partial charge < -0.3 is 14.9 Å². The molecule has 300 valence electrons. The van der Waals surface area contributed by atoms with E-state index in [2.05, 4.69) is 13.8 Å². The number of phenols is 2. The molecule has 0 radical (unpaired) electrons. The van der Waals surface area contributed by atoms with Crippen LogP contribution in [0.25, 0.3) is 0 Å². The lowest BCUT2D eigenvalue weighted by Crippen LogP contribution is -1.97. The molecule has 2 N–H and O–H groups in total. The van der Waals surface area contributed by atoms with Crippen LogP contribution >= 0.6 is 11.8 Å². The first-order valence-corrected chi connectivity index (χ1v) is 23.3. The van der Waals surface area contributed by atoms with Crippen molar-refractivity contribution in [3.05, 3.63) is 48.5 Å². The monoisotopic (exact) mass is 741 g/mol. The van der Waals surface area contributed by atoms with Gasteiger partial charge in [-0.25, -0.2) is 0 Å². The van der Waals surface area contributed by atoms with E-state index in [-0.39, 0.29) is 11.5 Å². The quantitative estimate of drug-likeness (QED) is 0.0683. The van der Waals surface area contributed by atoms with E-state index in [1.165, 1.54) is 205 Å². The molecule has 0 heterocycles. The fourth-order valence-corrected chi connectivity index (χ4v) is 7.59. The zero-order chi connectivity index (χ0) is 37.4. The number of ether oxygens (including phenoxy) is 1. The molecule has 0 unspecified atom stereocenters. The fraction of sp³-hybridized carbons (Fsp3) is 0.750. The summed E-state index contributed by atoms with van der Waals surface area (Å²) in [6.07, 6.45) is 46.0. The van der Waals surface area contributed by atoms with Crippen molar-refractivity contribution in [2.24, 2.45) is 0 Å². The Morgan fingerprint density at radius 2 is 0.538 bits per heavy atom. The van der Waals surface area contributed by atoms with Crippen LogP contribution < -0.4 is 0 Å². The van der Waals surface area contributed by atoms with Crippen molar-refractivity contribution in [3.8, 4) is 11.5 Å². The number of hydrogen-bond donors (Lipinski definition) is 2. The maximum Gasteiger partial charge on any atom is 0.115 e. The zero-order valence-corrected chi connectivity index (χ0v) is 35.2.